The van der Waals surface area contributed by atoms with Crippen molar-refractivity contribution in [3.05, 3.63) is 111 Å². The van der Waals surface area contributed by atoms with Crippen LogP contribution in [0.2, 0.25) is 0 Å². The number of phenols is 4. The number of rotatable bonds is 2. The Kier molecular flexibility index (Phi) is 6.39. The summed E-state index contributed by atoms with van der Waals surface area (Å²) in [6.45, 7) is 0. The summed E-state index contributed by atoms with van der Waals surface area (Å²) >= 11 is 0. The van der Waals surface area contributed by atoms with E-state index in [0.717, 1.165) is 12.1 Å². The molecule has 0 spiro atoms. The summed E-state index contributed by atoms with van der Waals surface area (Å²) in [6.07, 6.45) is 0. The first-order valence-corrected chi connectivity index (χ1v) is 11.6. The van der Waals surface area contributed by atoms with E-state index in [1.165, 1.54) is 24.3 Å². The van der Waals surface area contributed by atoms with E-state index in [1.807, 2.05) is 18.2 Å². The molecule has 9 nitrogen and oxygen atoms in total. The van der Waals surface area contributed by atoms with Crippen LogP contribution in [0.3, 0.4) is 0 Å². The second-order valence-corrected chi connectivity index (χ2v) is 8.49. The second-order valence-electron chi connectivity index (χ2n) is 8.49. The van der Waals surface area contributed by atoms with Gasteiger partial charge in [0.05, 0.1) is 5.39 Å². The van der Waals surface area contributed by atoms with Crippen LogP contribution >= 0.6 is 0 Å². The summed E-state index contributed by atoms with van der Waals surface area (Å²) in [4.78, 5) is 24.1. The van der Waals surface area contributed by atoms with Gasteiger partial charge in [0.1, 0.15) is 33.8 Å². The molecule has 0 aliphatic carbocycles. The highest BCUT2D eigenvalue weighted by Gasteiger charge is 2.15. The Morgan fingerprint density at radius 3 is 2.03 bits per heavy atom. The van der Waals surface area contributed by atoms with Gasteiger partial charge in [0.15, 0.2) is 22.7 Å². The summed E-state index contributed by atoms with van der Waals surface area (Å²) in [6, 6.07) is 23.3. The largest absolute Gasteiger partial charge is 0.508 e. The maximum Gasteiger partial charge on any atom is 0.235 e. The van der Waals surface area contributed by atoms with Gasteiger partial charge in [0.2, 0.25) is 11.2 Å². The molecule has 0 amide bonds. The van der Waals surface area contributed by atoms with Crippen LogP contribution < -0.4 is 10.9 Å². The molecule has 0 aliphatic heterocycles. The predicted molar refractivity (Wildman–Crippen MR) is 144 cm³/mol. The highest BCUT2D eigenvalue weighted by molar-refractivity contribution is 5.86. The average molecular weight is 524 g/mol. The molecule has 2 heterocycles. The fourth-order valence-electron chi connectivity index (χ4n) is 3.99. The lowest BCUT2D eigenvalue weighted by Gasteiger charge is -2.06. The van der Waals surface area contributed by atoms with Gasteiger partial charge in [-0.25, -0.2) is 0 Å². The molecule has 0 atom stereocenters. The van der Waals surface area contributed by atoms with Gasteiger partial charge >= 0.3 is 0 Å². The number of phenolic OH excluding ortho intramolecular Hbond substituents is 4. The van der Waals surface area contributed by atoms with Crippen LogP contribution in [0.1, 0.15) is 0 Å². The molecule has 0 unspecified atom stereocenters. The van der Waals surface area contributed by atoms with Crippen molar-refractivity contribution in [2.45, 2.75) is 0 Å². The van der Waals surface area contributed by atoms with Gasteiger partial charge in [0, 0.05) is 29.3 Å². The van der Waals surface area contributed by atoms with Crippen LogP contribution in [0, 0.1) is 0 Å². The van der Waals surface area contributed by atoms with Gasteiger partial charge in [-0.1, -0.05) is 42.5 Å². The van der Waals surface area contributed by atoms with Crippen molar-refractivity contribution in [3.8, 4) is 51.4 Å². The lowest BCUT2D eigenvalue weighted by molar-refractivity contribution is 0.404. The first kappa shape index (κ1) is 25.0. The van der Waals surface area contributed by atoms with Gasteiger partial charge in [-0.3, -0.25) is 9.59 Å². The number of hydrogen-bond donors (Lipinski definition) is 5. The topological polar surface area (TPSA) is 162 Å². The molecule has 2 aromatic heterocycles. The van der Waals surface area contributed by atoms with Crippen molar-refractivity contribution in [2.75, 3.05) is 0 Å². The van der Waals surface area contributed by atoms with E-state index in [4.69, 9.17) is 8.83 Å². The first-order valence-electron chi connectivity index (χ1n) is 11.6. The Balaban J connectivity index is 0.000000160. The van der Waals surface area contributed by atoms with E-state index in [-0.39, 0.29) is 51.2 Å². The monoisotopic (exact) mass is 524 g/mol. The summed E-state index contributed by atoms with van der Waals surface area (Å²) in [5.41, 5.74) is 0.638. The summed E-state index contributed by atoms with van der Waals surface area (Å²) in [7, 11) is 0. The van der Waals surface area contributed by atoms with Crippen LogP contribution in [0.4, 0.5) is 0 Å². The Hall–Kier alpha value is -5.70. The molecule has 194 valence electrons. The van der Waals surface area contributed by atoms with Gasteiger partial charge in [-0.2, -0.15) is 0 Å². The average Bonchev–Trinajstić information content (AvgIpc) is 2.92. The Morgan fingerprint density at radius 1 is 0.564 bits per heavy atom. The van der Waals surface area contributed by atoms with Crippen LogP contribution in [0.25, 0.3) is 44.6 Å². The lowest BCUT2D eigenvalue weighted by atomic mass is 10.1. The maximum atomic E-state index is 12.0. The van der Waals surface area contributed by atoms with Gasteiger partial charge in [-0.15, -0.1) is 0 Å². The fourth-order valence-corrected chi connectivity index (χ4v) is 3.99. The zero-order valence-electron chi connectivity index (χ0n) is 20.0. The Labute approximate surface area is 219 Å². The molecule has 0 saturated heterocycles. The van der Waals surface area contributed by atoms with Crippen LogP contribution in [0.5, 0.6) is 28.7 Å². The van der Waals surface area contributed by atoms with Crippen LogP contribution in [-0.2, 0) is 0 Å². The fraction of sp³-hybridized carbons (Fsp3) is 0. The zero-order chi connectivity index (χ0) is 27.7. The highest BCUT2D eigenvalue weighted by Crippen LogP contribution is 2.34. The molecular weight excluding hydrogens is 504 g/mol. The Bertz CT molecular complexity index is 1950. The van der Waals surface area contributed by atoms with Gasteiger partial charge in [0.25, 0.3) is 0 Å². The molecule has 0 aliphatic rings. The molecule has 0 fully saturated rings. The van der Waals surface area contributed by atoms with E-state index in [9.17, 15) is 35.1 Å². The first-order chi connectivity index (χ1) is 18.7. The SMILES string of the molecule is O=c1c(O)c(-c2ccccc2)oc2ccccc12.O=c1cc(-c2ccc(O)c(O)c2)oc2cc(O)cc(O)c12. The smallest absolute Gasteiger partial charge is 0.235 e. The second kappa shape index (κ2) is 9.98. The van der Waals surface area contributed by atoms with Gasteiger partial charge in [-0.05, 0) is 30.3 Å². The van der Waals surface area contributed by atoms with Crippen molar-refractivity contribution >= 4 is 21.9 Å². The van der Waals surface area contributed by atoms with E-state index in [2.05, 4.69) is 0 Å². The highest BCUT2D eigenvalue weighted by atomic mass is 16.4. The van der Waals surface area contributed by atoms with E-state index in [1.54, 1.807) is 36.4 Å². The number of para-hydroxylation sites is 1. The van der Waals surface area contributed by atoms with E-state index >= 15 is 0 Å². The normalized spacial score (nSPS) is 10.8. The number of aromatic hydroxyl groups is 5. The molecule has 39 heavy (non-hydrogen) atoms. The molecule has 4 aromatic carbocycles. The summed E-state index contributed by atoms with van der Waals surface area (Å²) in [5.74, 6) is -1.27. The van der Waals surface area contributed by atoms with Crippen molar-refractivity contribution in [1.29, 1.82) is 0 Å². The molecule has 0 saturated carbocycles. The van der Waals surface area contributed by atoms with Crippen LogP contribution in [0.15, 0.2) is 109 Å². The summed E-state index contributed by atoms with van der Waals surface area (Å²) < 4.78 is 11.1. The van der Waals surface area contributed by atoms with Crippen LogP contribution in [-0.4, -0.2) is 25.5 Å². The molecule has 9 heteroatoms. The third-order valence-electron chi connectivity index (χ3n) is 5.86. The van der Waals surface area contributed by atoms with Gasteiger partial charge < -0.3 is 34.4 Å². The minimum absolute atomic E-state index is 0.0163. The van der Waals surface area contributed by atoms with E-state index < -0.39 is 10.9 Å². The number of fused-ring (bicyclic) bond motifs is 2. The predicted octanol–water partition coefficient (Wildman–Crippen LogP) is 5.45. The third kappa shape index (κ3) is 4.84. The molecule has 5 N–H and O–H groups in total. The van der Waals surface area contributed by atoms with E-state index in [0.29, 0.717) is 22.1 Å². The molecular formula is C30H20O9. The Morgan fingerprint density at radius 2 is 1.28 bits per heavy atom. The van der Waals surface area contributed by atoms with Crippen molar-refractivity contribution in [1.82, 2.24) is 0 Å². The molecule has 0 bridgehead atoms. The maximum absolute atomic E-state index is 12.0. The quantitative estimate of drug-likeness (QED) is 0.186. The minimum atomic E-state index is -0.490. The van der Waals surface area contributed by atoms with Crippen molar-refractivity contribution in [2.24, 2.45) is 0 Å². The molecule has 6 aromatic rings. The lowest BCUT2D eigenvalue weighted by Crippen LogP contribution is -2.02. The number of benzene rings is 4. The minimum Gasteiger partial charge on any atom is -0.508 e. The van der Waals surface area contributed by atoms with Crippen molar-refractivity contribution < 1.29 is 34.4 Å². The van der Waals surface area contributed by atoms with Crippen molar-refractivity contribution in [3.63, 3.8) is 0 Å². The molecule has 6 rings (SSSR count). The summed E-state index contributed by atoms with van der Waals surface area (Å²) in [5, 5.41) is 48.2. The number of hydrogen-bond acceptors (Lipinski definition) is 9. The third-order valence-corrected chi connectivity index (χ3v) is 5.86. The zero-order valence-corrected chi connectivity index (χ0v) is 20.0. The molecule has 0 radical (unpaired) electrons. The standard InChI is InChI=1S/C15H10O6.C15H10O3/c16-8-4-11(19)15-12(20)6-13(21-14(15)5-8)7-1-2-9(17)10(18)3-7;16-13-11-8-4-5-9-12(11)18-15(14(13)17)10-6-2-1-3-7-10/h1-6,16-19H;1-9,17H.